The van der Waals surface area contributed by atoms with Gasteiger partial charge in [-0.05, 0) is 30.3 Å². The van der Waals surface area contributed by atoms with E-state index in [0.717, 1.165) is 5.56 Å². The molecule has 0 fully saturated rings. The minimum absolute atomic E-state index is 0.103. The van der Waals surface area contributed by atoms with Crippen LogP contribution in [0.3, 0.4) is 0 Å². The van der Waals surface area contributed by atoms with Gasteiger partial charge in [-0.15, -0.1) is 0 Å². The number of nitrogens with zero attached hydrogens (tertiary/aromatic N) is 1. The molecule has 7 heteroatoms. The van der Waals surface area contributed by atoms with E-state index in [0.29, 0.717) is 22.2 Å². The molecule has 142 valence electrons. The molecule has 0 radical (unpaired) electrons. The van der Waals surface area contributed by atoms with Crippen LogP contribution in [0.2, 0.25) is 5.02 Å². The van der Waals surface area contributed by atoms with Gasteiger partial charge in [-0.2, -0.15) is 0 Å². The van der Waals surface area contributed by atoms with Crippen LogP contribution in [0.25, 0.3) is 6.08 Å². The second-order valence-corrected chi connectivity index (χ2v) is 6.07. The largest absolute Gasteiger partial charge is 0.497 e. The summed E-state index contributed by atoms with van der Waals surface area (Å²) in [5, 5.41) is 3.11. The van der Waals surface area contributed by atoms with E-state index in [9.17, 15) is 9.59 Å². The van der Waals surface area contributed by atoms with Crippen molar-refractivity contribution in [2.75, 3.05) is 33.1 Å². The second kappa shape index (κ2) is 9.64. The van der Waals surface area contributed by atoms with Crippen molar-refractivity contribution in [1.82, 2.24) is 4.90 Å². The first-order valence-electron chi connectivity index (χ1n) is 8.14. The Kier molecular flexibility index (Phi) is 7.25. The predicted molar refractivity (Wildman–Crippen MR) is 106 cm³/mol. The number of methoxy groups -OCH3 is 2. The third-order valence-corrected chi connectivity index (χ3v) is 4.08. The Balaban J connectivity index is 1.98. The topological polar surface area (TPSA) is 67.9 Å². The molecule has 0 unspecified atom stereocenters. The number of halogens is 1. The predicted octanol–water partition coefficient (Wildman–Crippen LogP) is 3.47. The molecule has 0 heterocycles. The zero-order chi connectivity index (χ0) is 19.8. The summed E-state index contributed by atoms with van der Waals surface area (Å²) in [4.78, 5) is 25.7. The normalized spacial score (nSPS) is 10.5. The molecule has 0 bridgehead atoms. The van der Waals surface area contributed by atoms with Crippen molar-refractivity contribution in [1.29, 1.82) is 0 Å². The number of amides is 2. The van der Waals surface area contributed by atoms with Crippen molar-refractivity contribution in [3.8, 4) is 11.5 Å². The first-order chi connectivity index (χ1) is 12.9. The molecule has 1 N–H and O–H groups in total. The van der Waals surface area contributed by atoms with Crippen molar-refractivity contribution in [2.24, 2.45) is 0 Å². The number of carbonyl (C=O) groups excluding carboxylic acids is 2. The SMILES string of the molecule is COc1ccc(/C=C/C(=O)N(C)CC(=O)Nc2ccccc2Cl)c(OC)c1. The van der Waals surface area contributed by atoms with E-state index in [1.807, 2.05) is 0 Å². The molecule has 2 aromatic carbocycles. The van der Waals surface area contributed by atoms with E-state index in [1.54, 1.807) is 69.8 Å². The summed E-state index contributed by atoms with van der Waals surface area (Å²) in [6.45, 7) is -0.103. The molecule has 2 rings (SSSR count). The Bertz CT molecular complexity index is 852. The van der Waals surface area contributed by atoms with Crippen LogP contribution in [0.15, 0.2) is 48.5 Å². The molecule has 6 nitrogen and oxygen atoms in total. The van der Waals surface area contributed by atoms with E-state index in [2.05, 4.69) is 5.32 Å². The third kappa shape index (κ3) is 5.76. The fourth-order valence-electron chi connectivity index (χ4n) is 2.29. The van der Waals surface area contributed by atoms with Crippen molar-refractivity contribution in [3.63, 3.8) is 0 Å². The Morgan fingerprint density at radius 1 is 1.15 bits per heavy atom. The molecule has 27 heavy (non-hydrogen) atoms. The molecule has 0 saturated carbocycles. The second-order valence-electron chi connectivity index (χ2n) is 5.66. The number of carbonyl (C=O) groups is 2. The van der Waals surface area contributed by atoms with Gasteiger partial charge in [0.25, 0.3) is 0 Å². The van der Waals surface area contributed by atoms with Crippen LogP contribution < -0.4 is 14.8 Å². The molecular formula is C20H21ClN2O4. The van der Waals surface area contributed by atoms with Crippen molar-refractivity contribution < 1.29 is 19.1 Å². The van der Waals surface area contributed by atoms with Gasteiger partial charge >= 0.3 is 0 Å². The van der Waals surface area contributed by atoms with Gasteiger partial charge in [-0.25, -0.2) is 0 Å². The van der Waals surface area contributed by atoms with Crippen LogP contribution in [0, 0.1) is 0 Å². The van der Waals surface area contributed by atoms with Crippen molar-refractivity contribution in [3.05, 3.63) is 59.1 Å². The van der Waals surface area contributed by atoms with Crippen LogP contribution >= 0.6 is 11.6 Å². The maximum atomic E-state index is 12.3. The van der Waals surface area contributed by atoms with E-state index in [1.165, 1.54) is 11.0 Å². The van der Waals surface area contributed by atoms with Crippen LogP contribution in [-0.4, -0.2) is 44.5 Å². The highest BCUT2D eigenvalue weighted by atomic mass is 35.5. The van der Waals surface area contributed by atoms with Gasteiger partial charge < -0.3 is 19.7 Å². The summed E-state index contributed by atoms with van der Waals surface area (Å²) in [5.41, 5.74) is 1.23. The van der Waals surface area contributed by atoms with E-state index < -0.39 is 0 Å². The quantitative estimate of drug-likeness (QED) is 0.737. The lowest BCUT2D eigenvalue weighted by Gasteiger charge is -2.15. The Labute approximate surface area is 163 Å². The molecule has 2 aromatic rings. The monoisotopic (exact) mass is 388 g/mol. The zero-order valence-electron chi connectivity index (χ0n) is 15.4. The number of likely N-dealkylation sites (N-methyl/N-ethyl adjacent to an activating group) is 1. The molecular weight excluding hydrogens is 368 g/mol. The highest BCUT2D eigenvalue weighted by Crippen LogP contribution is 2.25. The maximum Gasteiger partial charge on any atom is 0.246 e. The van der Waals surface area contributed by atoms with Gasteiger partial charge in [0.1, 0.15) is 11.5 Å². The zero-order valence-corrected chi connectivity index (χ0v) is 16.1. The lowest BCUT2D eigenvalue weighted by molar-refractivity contribution is -0.129. The highest BCUT2D eigenvalue weighted by molar-refractivity contribution is 6.33. The molecule has 2 amide bonds. The number of benzene rings is 2. The lowest BCUT2D eigenvalue weighted by Crippen LogP contribution is -2.33. The van der Waals surface area contributed by atoms with Gasteiger partial charge in [0, 0.05) is 24.8 Å². The lowest BCUT2D eigenvalue weighted by atomic mass is 10.1. The Morgan fingerprint density at radius 3 is 2.56 bits per heavy atom. The Hall–Kier alpha value is -2.99. The van der Waals surface area contributed by atoms with Crippen molar-refractivity contribution in [2.45, 2.75) is 0 Å². The van der Waals surface area contributed by atoms with Crippen LogP contribution in [-0.2, 0) is 9.59 Å². The van der Waals surface area contributed by atoms with Gasteiger partial charge in [0.15, 0.2) is 0 Å². The summed E-state index contributed by atoms with van der Waals surface area (Å²) in [5.74, 6) is 0.581. The summed E-state index contributed by atoms with van der Waals surface area (Å²) in [6.07, 6.45) is 3.01. The summed E-state index contributed by atoms with van der Waals surface area (Å²) >= 11 is 6.01. The van der Waals surface area contributed by atoms with Gasteiger partial charge in [0.05, 0.1) is 31.5 Å². The number of hydrogen-bond acceptors (Lipinski definition) is 4. The average Bonchev–Trinajstić information content (AvgIpc) is 2.67. The molecule has 0 saturated heterocycles. The van der Waals surface area contributed by atoms with Gasteiger partial charge in [0.2, 0.25) is 11.8 Å². The van der Waals surface area contributed by atoms with Crippen molar-refractivity contribution >= 4 is 35.2 Å². The molecule has 0 spiro atoms. The fraction of sp³-hybridized carbons (Fsp3) is 0.200. The van der Waals surface area contributed by atoms with Crippen LogP contribution in [0.5, 0.6) is 11.5 Å². The van der Waals surface area contributed by atoms with Crippen LogP contribution in [0.1, 0.15) is 5.56 Å². The Morgan fingerprint density at radius 2 is 1.89 bits per heavy atom. The molecule has 0 aromatic heterocycles. The minimum Gasteiger partial charge on any atom is -0.497 e. The number of rotatable bonds is 7. The average molecular weight is 389 g/mol. The van der Waals surface area contributed by atoms with E-state index in [-0.39, 0.29) is 18.4 Å². The summed E-state index contributed by atoms with van der Waals surface area (Å²) in [6, 6.07) is 12.2. The smallest absolute Gasteiger partial charge is 0.246 e. The summed E-state index contributed by atoms with van der Waals surface area (Å²) in [7, 11) is 4.65. The fourth-order valence-corrected chi connectivity index (χ4v) is 2.47. The summed E-state index contributed by atoms with van der Waals surface area (Å²) < 4.78 is 10.4. The van der Waals surface area contributed by atoms with E-state index >= 15 is 0 Å². The van der Waals surface area contributed by atoms with Gasteiger partial charge in [-0.3, -0.25) is 9.59 Å². The van der Waals surface area contributed by atoms with Crippen LogP contribution in [0.4, 0.5) is 5.69 Å². The molecule has 0 aliphatic heterocycles. The van der Waals surface area contributed by atoms with E-state index in [4.69, 9.17) is 21.1 Å². The highest BCUT2D eigenvalue weighted by Gasteiger charge is 2.12. The maximum absolute atomic E-state index is 12.3. The standard InChI is InChI=1S/C20H21ClN2O4/c1-23(13-19(24)22-17-7-5-4-6-16(17)21)20(25)11-9-14-8-10-15(26-2)12-18(14)27-3/h4-12H,13H2,1-3H3,(H,22,24)/b11-9+. The molecule has 0 aliphatic rings. The minimum atomic E-state index is -0.339. The number of hydrogen-bond donors (Lipinski definition) is 1. The van der Waals surface area contributed by atoms with Gasteiger partial charge in [-0.1, -0.05) is 23.7 Å². The molecule has 0 aliphatic carbocycles. The number of para-hydroxylation sites is 1. The number of ether oxygens (including phenoxy) is 2. The number of anilines is 1. The number of nitrogens with one attached hydrogen (secondary N) is 1. The first-order valence-corrected chi connectivity index (χ1v) is 8.52. The molecule has 0 atom stereocenters. The third-order valence-electron chi connectivity index (χ3n) is 3.75. The first kappa shape index (κ1) is 20.3.